The predicted molar refractivity (Wildman–Crippen MR) is 84.4 cm³/mol. The Hall–Kier alpha value is -1.86. The van der Waals surface area contributed by atoms with Gasteiger partial charge in [-0.15, -0.1) is 0 Å². The van der Waals surface area contributed by atoms with Gasteiger partial charge >= 0.3 is 0 Å². The summed E-state index contributed by atoms with van der Waals surface area (Å²) in [5, 5.41) is 0. The van der Waals surface area contributed by atoms with Gasteiger partial charge in [0, 0.05) is 12.6 Å². The van der Waals surface area contributed by atoms with E-state index in [9.17, 15) is 0 Å². The Morgan fingerprint density at radius 3 is 2.30 bits per heavy atom. The molecule has 102 valence electrons. The third-order valence-corrected chi connectivity index (χ3v) is 4.07. The van der Waals surface area contributed by atoms with Gasteiger partial charge in [0.1, 0.15) is 0 Å². The first-order chi connectivity index (χ1) is 9.84. The van der Waals surface area contributed by atoms with Crippen molar-refractivity contribution in [3.63, 3.8) is 0 Å². The van der Waals surface area contributed by atoms with Crippen LogP contribution in [0.2, 0.25) is 0 Å². The van der Waals surface area contributed by atoms with Crippen LogP contribution in [-0.2, 0) is 6.54 Å². The fourth-order valence-electron chi connectivity index (χ4n) is 2.93. The zero-order chi connectivity index (χ0) is 13.8. The monoisotopic (exact) mass is 263 g/mol. The molecule has 2 aromatic carbocycles. The van der Waals surface area contributed by atoms with Crippen LogP contribution in [0.1, 0.15) is 30.5 Å². The average Bonchev–Trinajstić information content (AvgIpc) is 2.51. The first-order valence-electron chi connectivity index (χ1n) is 7.36. The van der Waals surface area contributed by atoms with Crippen LogP contribution < -0.4 is 0 Å². The molecule has 0 unspecified atom stereocenters. The molecule has 1 aliphatic rings. The zero-order valence-electron chi connectivity index (χ0n) is 11.9. The van der Waals surface area contributed by atoms with Gasteiger partial charge in [0.15, 0.2) is 0 Å². The Morgan fingerprint density at radius 1 is 0.950 bits per heavy atom. The van der Waals surface area contributed by atoms with Crippen molar-refractivity contribution < 1.29 is 0 Å². The van der Waals surface area contributed by atoms with Gasteiger partial charge < -0.3 is 0 Å². The SMILES string of the molecule is C[C@H]1CC=C[C@H](c2ccccc2)N1Cc1ccccc1. The number of hydrogen-bond acceptors (Lipinski definition) is 1. The lowest BCUT2D eigenvalue weighted by atomic mass is 9.96. The second-order valence-corrected chi connectivity index (χ2v) is 5.53. The Labute approximate surface area is 121 Å². The molecule has 1 aliphatic heterocycles. The standard InChI is InChI=1S/C19H21N/c1-16-9-8-14-19(18-12-6-3-7-13-18)20(16)15-17-10-4-2-5-11-17/h2-8,10-14,16,19H,9,15H2,1H3/t16-,19+/m0/s1. The molecule has 0 fully saturated rings. The minimum Gasteiger partial charge on any atom is -0.286 e. The Balaban J connectivity index is 1.87. The first-order valence-corrected chi connectivity index (χ1v) is 7.36. The molecule has 1 heteroatoms. The van der Waals surface area contributed by atoms with Gasteiger partial charge in [-0.25, -0.2) is 0 Å². The van der Waals surface area contributed by atoms with Crippen molar-refractivity contribution in [3.8, 4) is 0 Å². The molecule has 0 aromatic heterocycles. The number of rotatable bonds is 3. The van der Waals surface area contributed by atoms with Crippen molar-refractivity contribution in [1.29, 1.82) is 0 Å². The van der Waals surface area contributed by atoms with Crippen molar-refractivity contribution in [2.75, 3.05) is 0 Å². The molecule has 0 amide bonds. The van der Waals surface area contributed by atoms with Gasteiger partial charge in [-0.1, -0.05) is 72.8 Å². The highest BCUT2D eigenvalue weighted by Crippen LogP contribution is 2.31. The molecule has 1 heterocycles. The summed E-state index contributed by atoms with van der Waals surface area (Å²) >= 11 is 0. The van der Waals surface area contributed by atoms with Gasteiger partial charge in [0.25, 0.3) is 0 Å². The van der Waals surface area contributed by atoms with E-state index < -0.39 is 0 Å². The molecule has 2 aromatic rings. The summed E-state index contributed by atoms with van der Waals surface area (Å²) < 4.78 is 0. The van der Waals surface area contributed by atoms with Crippen LogP contribution in [0.3, 0.4) is 0 Å². The van der Waals surface area contributed by atoms with Crippen LogP contribution in [0.15, 0.2) is 72.8 Å². The van der Waals surface area contributed by atoms with Gasteiger partial charge in [0.2, 0.25) is 0 Å². The van der Waals surface area contributed by atoms with Crippen molar-refractivity contribution in [2.45, 2.75) is 32.0 Å². The quantitative estimate of drug-likeness (QED) is 0.733. The van der Waals surface area contributed by atoms with Crippen molar-refractivity contribution >= 4 is 0 Å². The predicted octanol–water partition coefficient (Wildman–Crippen LogP) is 4.58. The highest BCUT2D eigenvalue weighted by molar-refractivity contribution is 5.26. The van der Waals surface area contributed by atoms with Crippen LogP contribution in [-0.4, -0.2) is 10.9 Å². The molecule has 20 heavy (non-hydrogen) atoms. The summed E-state index contributed by atoms with van der Waals surface area (Å²) in [5.41, 5.74) is 2.77. The van der Waals surface area contributed by atoms with Crippen LogP contribution in [0.5, 0.6) is 0 Å². The van der Waals surface area contributed by atoms with Crippen molar-refractivity contribution in [3.05, 3.63) is 83.9 Å². The molecule has 0 N–H and O–H groups in total. The van der Waals surface area contributed by atoms with Crippen LogP contribution in [0, 0.1) is 0 Å². The largest absolute Gasteiger partial charge is 0.286 e. The average molecular weight is 263 g/mol. The smallest absolute Gasteiger partial charge is 0.0537 e. The molecule has 1 nitrogen and oxygen atoms in total. The lowest BCUT2D eigenvalue weighted by molar-refractivity contribution is 0.152. The maximum Gasteiger partial charge on any atom is 0.0537 e. The van der Waals surface area contributed by atoms with E-state index >= 15 is 0 Å². The summed E-state index contributed by atoms with van der Waals surface area (Å²) in [7, 11) is 0. The van der Waals surface area contributed by atoms with E-state index in [1.807, 2.05) is 0 Å². The number of nitrogens with zero attached hydrogens (tertiary/aromatic N) is 1. The highest BCUT2D eigenvalue weighted by Gasteiger charge is 2.25. The molecule has 0 saturated heterocycles. The van der Waals surface area contributed by atoms with E-state index in [0.717, 1.165) is 13.0 Å². The Morgan fingerprint density at radius 2 is 1.60 bits per heavy atom. The van der Waals surface area contributed by atoms with Gasteiger partial charge in [0.05, 0.1) is 6.04 Å². The van der Waals surface area contributed by atoms with E-state index in [1.165, 1.54) is 11.1 Å². The molecule has 0 radical (unpaired) electrons. The van der Waals surface area contributed by atoms with E-state index in [0.29, 0.717) is 12.1 Å². The third-order valence-electron chi connectivity index (χ3n) is 4.07. The molecule has 2 atom stereocenters. The zero-order valence-corrected chi connectivity index (χ0v) is 11.9. The lowest BCUT2D eigenvalue weighted by Crippen LogP contribution is -2.37. The molecule has 0 spiro atoms. The van der Waals surface area contributed by atoms with Crippen LogP contribution >= 0.6 is 0 Å². The third kappa shape index (κ3) is 2.83. The first kappa shape index (κ1) is 13.1. The van der Waals surface area contributed by atoms with Crippen molar-refractivity contribution in [1.82, 2.24) is 4.90 Å². The number of benzene rings is 2. The second kappa shape index (κ2) is 6.06. The molecular weight excluding hydrogens is 242 g/mol. The second-order valence-electron chi connectivity index (χ2n) is 5.53. The number of hydrogen-bond donors (Lipinski definition) is 0. The summed E-state index contributed by atoms with van der Waals surface area (Å²) in [6, 6.07) is 22.5. The van der Waals surface area contributed by atoms with Gasteiger partial charge in [-0.05, 0) is 24.5 Å². The summed E-state index contributed by atoms with van der Waals surface area (Å²) in [6.07, 6.45) is 5.80. The van der Waals surface area contributed by atoms with Crippen molar-refractivity contribution in [2.24, 2.45) is 0 Å². The summed E-state index contributed by atoms with van der Waals surface area (Å²) in [4.78, 5) is 2.59. The maximum absolute atomic E-state index is 2.59. The topological polar surface area (TPSA) is 3.24 Å². The van der Waals surface area contributed by atoms with Crippen LogP contribution in [0.4, 0.5) is 0 Å². The minimum absolute atomic E-state index is 0.389. The van der Waals surface area contributed by atoms with Gasteiger partial charge in [-0.3, -0.25) is 4.90 Å². The van der Waals surface area contributed by atoms with E-state index in [1.54, 1.807) is 0 Å². The fourth-order valence-corrected chi connectivity index (χ4v) is 2.93. The Kier molecular flexibility index (Phi) is 3.98. The molecule has 0 aliphatic carbocycles. The van der Waals surface area contributed by atoms with E-state index in [2.05, 4.69) is 84.6 Å². The summed E-state index contributed by atoms with van der Waals surface area (Å²) in [6.45, 7) is 3.33. The van der Waals surface area contributed by atoms with Crippen LogP contribution in [0.25, 0.3) is 0 Å². The molecule has 0 bridgehead atoms. The lowest BCUT2D eigenvalue weighted by Gasteiger charge is -2.38. The normalized spacial score (nSPS) is 22.9. The highest BCUT2D eigenvalue weighted by atomic mass is 15.2. The molecular formula is C19H21N. The summed E-state index contributed by atoms with van der Waals surface area (Å²) in [5.74, 6) is 0. The Bertz CT molecular complexity index is 559. The van der Waals surface area contributed by atoms with E-state index in [4.69, 9.17) is 0 Å². The minimum atomic E-state index is 0.389. The fraction of sp³-hybridized carbons (Fsp3) is 0.263. The molecule has 3 rings (SSSR count). The van der Waals surface area contributed by atoms with E-state index in [-0.39, 0.29) is 0 Å². The molecule has 0 saturated carbocycles. The van der Waals surface area contributed by atoms with Gasteiger partial charge in [-0.2, -0.15) is 0 Å². The maximum atomic E-state index is 2.59.